The molecule has 0 unspecified atom stereocenters. The first kappa shape index (κ1) is 14.1. The van der Waals surface area contributed by atoms with Gasteiger partial charge in [0.15, 0.2) is 0 Å². The average Bonchev–Trinajstić information content (AvgIpc) is 2.90. The third-order valence-electron chi connectivity index (χ3n) is 2.83. The van der Waals surface area contributed by atoms with Gasteiger partial charge in [0.25, 0.3) is 0 Å². The van der Waals surface area contributed by atoms with Crippen LogP contribution < -0.4 is 5.32 Å². The number of nitrogens with one attached hydrogen (secondary N) is 1. The van der Waals surface area contributed by atoms with Crippen molar-refractivity contribution < 1.29 is 9.21 Å². The van der Waals surface area contributed by atoms with Crippen molar-refractivity contribution in [1.29, 1.82) is 0 Å². The standard InChI is InChI=1S/C12H18N2O2.ClH/c15-12-5-1-7-14(12)8-3-6-13-10-11-4-2-9-16-11;/h2,4,9,13H,1,3,5-8,10H2;1H. The molecule has 0 bridgehead atoms. The summed E-state index contributed by atoms with van der Waals surface area (Å²) < 4.78 is 5.20. The van der Waals surface area contributed by atoms with Gasteiger partial charge >= 0.3 is 0 Å². The molecular formula is C12H19ClN2O2. The number of nitrogens with zero attached hydrogens (tertiary/aromatic N) is 1. The van der Waals surface area contributed by atoms with Gasteiger partial charge in [-0.1, -0.05) is 0 Å². The quantitative estimate of drug-likeness (QED) is 0.792. The number of furan rings is 1. The summed E-state index contributed by atoms with van der Waals surface area (Å²) >= 11 is 0. The van der Waals surface area contributed by atoms with Gasteiger partial charge < -0.3 is 14.6 Å². The second-order valence-electron chi connectivity index (χ2n) is 4.09. The fraction of sp³-hybridized carbons (Fsp3) is 0.583. The Morgan fingerprint density at radius 1 is 1.47 bits per heavy atom. The first-order chi connectivity index (χ1) is 7.86. The fourth-order valence-electron chi connectivity index (χ4n) is 1.96. The maximum Gasteiger partial charge on any atom is 0.222 e. The topological polar surface area (TPSA) is 45.5 Å². The Hall–Kier alpha value is -1.00. The number of rotatable bonds is 6. The highest BCUT2D eigenvalue weighted by molar-refractivity contribution is 5.85. The van der Waals surface area contributed by atoms with Crippen LogP contribution in [0.3, 0.4) is 0 Å². The Labute approximate surface area is 108 Å². The van der Waals surface area contributed by atoms with Gasteiger partial charge in [0.2, 0.25) is 5.91 Å². The molecule has 0 spiro atoms. The van der Waals surface area contributed by atoms with Crippen molar-refractivity contribution in [3.05, 3.63) is 24.2 Å². The smallest absolute Gasteiger partial charge is 0.222 e. The molecule has 0 aliphatic carbocycles. The summed E-state index contributed by atoms with van der Waals surface area (Å²) in [7, 11) is 0. The molecule has 1 aliphatic rings. The highest BCUT2D eigenvalue weighted by Crippen LogP contribution is 2.09. The van der Waals surface area contributed by atoms with Gasteiger partial charge in [-0.15, -0.1) is 12.4 Å². The van der Waals surface area contributed by atoms with Crippen molar-refractivity contribution in [3.63, 3.8) is 0 Å². The number of halogens is 1. The highest BCUT2D eigenvalue weighted by Gasteiger charge is 2.18. The van der Waals surface area contributed by atoms with E-state index in [1.165, 1.54) is 0 Å². The molecule has 0 radical (unpaired) electrons. The molecular weight excluding hydrogens is 240 g/mol. The van der Waals surface area contributed by atoms with Crippen LogP contribution in [0.15, 0.2) is 22.8 Å². The third-order valence-corrected chi connectivity index (χ3v) is 2.83. The van der Waals surface area contributed by atoms with E-state index in [9.17, 15) is 4.79 Å². The lowest BCUT2D eigenvalue weighted by Crippen LogP contribution is -2.28. The maximum atomic E-state index is 11.3. The SMILES string of the molecule is Cl.O=C1CCCN1CCCNCc1ccco1. The van der Waals surface area contributed by atoms with Crippen LogP contribution in [0, 0.1) is 0 Å². The number of carbonyl (C=O) groups is 1. The monoisotopic (exact) mass is 258 g/mol. The second-order valence-corrected chi connectivity index (χ2v) is 4.09. The lowest BCUT2D eigenvalue weighted by Gasteiger charge is -2.14. The van der Waals surface area contributed by atoms with Crippen molar-refractivity contribution in [1.82, 2.24) is 10.2 Å². The molecule has 1 aromatic heterocycles. The van der Waals surface area contributed by atoms with Crippen LogP contribution in [0.1, 0.15) is 25.0 Å². The van der Waals surface area contributed by atoms with E-state index in [4.69, 9.17) is 4.42 Å². The van der Waals surface area contributed by atoms with Gasteiger partial charge in [0.1, 0.15) is 5.76 Å². The van der Waals surface area contributed by atoms with E-state index in [-0.39, 0.29) is 12.4 Å². The van der Waals surface area contributed by atoms with Gasteiger partial charge in [0, 0.05) is 19.5 Å². The highest BCUT2D eigenvalue weighted by atomic mass is 35.5. The molecule has 0 saturated carbocycles. The van der Waals surface area contributed by atoms with E-state index >= 15 is 0 Å². The summed E-state index contributed by atoms with van der Waals surface area (Å²) in [6.07, 6.45) is 4.45. The normalized spacial score (nSPS) is 15.1. The molecule has 0 aromatic carbocycles. The van der Waals surface area contributed by atoms with Gasteiger partial charge in [-0.25, -0.2) is 0 Å². The van der Waals surface area contributed by atoms with Gasteiger partial charge in [-0.3, -0.25) is 4.79 Å². The van der Waals surface area contributed by atoms with Crippen molar-refractivity contribution in [3.8, 4) is 0 Å². The zero-order chi connectivity index (χ0) is 11.2. The van der Waals surface area contributed by atoms with Crippen molar-refractivity contribution in [2.24, 2.45) is 0 Å². The van der Waals surface area contributed by atoms with E-state index in [1.54, 1.807) is 6.26 Å². The number of likely N-dealkylation sites (tertiary alicyclic amines) is 1. The summed E-state index contributed by atoms with van der Waals surface area (Å²) in [4.78, 5) is 13.3. The summed E-state index contributed by atoms with van der Waals surface area (Å²) in [5, 5.41) is 3.29. The molecule has 17 heavy (non-hydrogen) atoms. The molecule has 1 amide bonds. The minimum atomic E-state index is 0. The van der Waals surface area contributed by atoms with Gasteiger partial charge in [-0.05, 0) is 31.5 Å². The van der Waals surface area contributed by atoms with E-state index in [0.29, 0.717) is 5.91 Å². The average molecular weight is 259 g/mol. The third kappa shape index (κ3) is 4.40. The molecule has 1 fully saturated rings. The number of carbonyl (C=O) groups excluding carboxylic acids is 1. The fourth-order valence-corrected chi connectivity index (χ4v) is 1.96. The summed E-state index contributed by atoms with van der Waals surface area (Å²) in [6.45, 7) is 3.51. The van der Waals surface area contributed by atoms with Crippen molar-refractivity contribution in [2.75, 3.05) is 19.6 Å². The zero-order valence-corrected chi connectivity index (χ0v) is 10.7. The predicted octanol–water partition coefficient (Wildman–Crippen LogP) is 1.80. The summed E-state index contributed by atoms with van der Waals surface area (Å²) in [5.41, 5.74) is 0. The summed E-state index contributed by atoms with van der Waals surface area (Å²) in [6, 6.07) is 3.84. The number of hydrogen-bond donors (Lipinski definition) is 1. The van der Waals surface area contributed by atoms with Crippen molar-refractivity contribution >= 4 is 18.3 Å². The predicted molar refractivity (Wildman–Crippen MR) is 68.1 cm³/mol. The molecule has 1 saturated heterocycles. The molecule has 1 N–H and O–H groups in total. The number of hydrogen-bond acceptors (Lipinski definition) is 3. The van der Waals surface area contributed by atoms with Crippen LogP contribution in [-0.4, -0.2) is 30.4 Å². The molecule has 4 nitrogen and oxygen atoms in total. The van der Waals surface area contributed by atoms with Crippen LogP contribution in [0.25, 0.3) is 0 Å². The van der Waals surface area contributed by atoms with Crippen LogP contribution in [0.4, 0.5) is 0 Å². The molecule has 1 aliphatic heterocycles. The van der Waals surface area contributed by atoms with Gasteiger partial charge in [0.05, 0.1) is 12.8 Å². The van der Waals surface area contributed by atoms with Crippen LogP contribution in [0.2, 0.25) is 0 Å². The lowest BCUT2D eigenvalue weighted by atomic mass is 10.3. The van der Waals surface area contributed by atoms with Gasteiger partial charge in [-0.2, -0.15) is 0 Å². The van der Waals surface area contributed by atoms with E-state index < -0.39 is 0 Å². The Balaban J connectivity index is 0.00000144. The molecule has 2 heterocycles. The number of amides is 1. The first-order valence-electron chi connectivity index (χ1n) is 5.87. The Bertz CT molecular complexity index is 327. The van der Waals surface area contributed by atoms with E-state index in [0.717, 1.165) is 51.2 Å². The largest absolute Gasteiger partial charge is 0.468 e. The summed E-state index contributed by atoms with van der Waals surface area (Å²) in [5.74, 6) is 1.27. The molecule has 1 aromatic rings. The van der Waals surface area contributed by atoms with Crippen LogP contribution in [0.5, 0.6) is 0 Å². The first-order valence-corrected chi connectivity index (χ1v) is 5.87. The maximum absolute atomic E-state index is 11.3. The van der Waals surface area contributed by atoms with E-state index in [2.05, 4.69) is 5.32 Å². The molecule has 96 valence electrons. The van der Waals surface area contributed by atoms with Crippen molar-refractivity contribution in [2.45, 2.75) is 25.8 Å². The second kappa shape index (κ2) is 7.35. The Morgan fingerprint density at radius 2 is 2.35 bits per heavy atom. The molecule has 0 atom stereocenters. The van der Waals surface area contributed by atoms with E-state index in [1.807, 2.05) is 17.0 Å². The van der Waals surface area contributed by atoms with Crippen LogP contribution in [-0.2, 0) is 11.3 Å². The molecule has 5 heteroatoms. The minimum absolute atomic E-state index is 0. The zero-order valence-electron chi connectivity index (χ0n) is 9.85. The Kier molecular flexibility index (Phi) is 6.08. The van der Waals surface area contributed by atoms with Crippen LogP contribution >= 0.6 is 12.4 Å². The molecule has 2 rings (SSSR count). The minimum Gasteiger partial charge on any atom is -0.468 e. The lowest BCUT2D eigenvalue weighted by molar-refractivity contribution is -0.127. The Morgan fingerprint density at radius 3 is 3.00 bits per heavy atom.